The Balaban J connectivity index is 2.12. The zero-order chi connectivity index (χ0) is 14.7. The molecule has 0 aliphatic rings. The largest absolute Gasteiger partial charge is 0.284 e. The number of hydrogen-bond donors (Lipinski definition) is 0. The first-order chi connectivity index (χ1) is 10.3. The van der Waals surface area contributed by atoms with Gasteiger partial charge in [0.2, 0.25) is 0 Å². The second-order valence-corrected chi connectivity index (χ2v) is 4.60. The van der Waals surface area contributed by atoms with E-state index in [0.717, 1.165) is 10.9 Å². The molecule has 0 aliphatic carbocycles. The van der Waals surface area contributed by atoms with E-state index in [1.165, 1.54) is 0 Å². The molecule has 0 aliphatic heterocycles. The van der Waals surface area contributed by atoms with Crippen molar-refractivity contribution in [3.8, 4) is 0 Å². The first kappa shape index (κ1) is 13.0. The van der Waals surface area contributed by atoms with Gasteiger partial charge in [-0.2, -0.15) is 0 Å². The van der Waals surface area contributed by atoms with Crippen LogP contribution in [0.25, 0.3) is 22.9 Å². The Bertz CT molecular complexity index is 827. The molecular formula is C17H12N2O2. The first-order valence-electron chi connectivity index (χ1n) is 6.50. The summed E-state index contributed by atoms with van der Waals surface area (Å²) in [5.74, 6) is 0. The molecular weight excluding hydrogens is 264 g/mol. The standard InChI is InChI=1S/C17H12N2O2/c20-19(21)17-15(6-5-13-9-11-18-12-10-13)8-7-14-3-1-2-4-16(14)17/h1-12H/b6-5+. The third-order valence-corrected chi connectivity index (χ3v) is 3.28. The van der Waals surface area contributed by atoms with Gasteiger partial charge in [-0.3, -0.25) is 15.1 Å². The van der Waals surface area contributed by atoms with Gasteiger partial charge in [0, 0.05) is 12.4 Å². The van der Waals surface area contributed by atoms with Crippen molar-refractivity contribution in [2.24, 2.45) is 0 Å². The fraction of sp³-hybridized carbons (Fsp3) is 0. The summed E-state index contributed by atoms with van der Waals surface area (Å²) in [4.78, 5) is 15.0. The fourth-order valence-corrected chi connectivity index (χ4v) is 2.27. The molecule has 0 radical (unpaired) electrons. The minimum atomic E-state index is -0.325. The van der Waals surface area contributed by atoms with Crippen LogP contribution in [-0.4, -0.2) is 9.91 Å². The molecule has 3 aromatic rings. The molecule has 4 nitrogen and oxygen atoms in total. The highest BCUT2D eigenvalue weighted by atomic mass is 16.6. The van der Waals surface area contributed by atoms with E-state index in [1.807, 2.05) is 42.5 Å². The molecule has 4 heteroatoms. The van der Waals surface area contributed by atoms with E-state index in [9.17, 15) is 10.1 Å². The van der Waals surface area contributed by atoms with E-state index >= 15 is 0 Å². The van der Waals surface area contributed by atoms with Gasteiger partial charge in [0.15, 0.2) is 0 Å². The maximum absolute atomic E-state index is 11.4. The molecule has 0 spiro atoms. The monoisotopic (exact) mass is 276 g/mol. The lowest BCUT2D eigenvalue weighted by atomic mass is 10.0. The predicted molar refractivity (Wildman–Crippen MR) is 83.8 cm³/mol. The SMILES string of the molecule is O=[N+]([O-])c1c(/C=C/c2ccncc2)ccc2ccccc12. The molecule has 0 saturated heterocycles. The van der Waals surface area contributed by atoms with Gasteiger partial charge in [-0.15, -0.1) is 0 Å². The number of rotatable bonds is 3. The molecule has 1 aromatic heterocycles. The second-order valence-electron chi connectivity index (χ2n) is 4.60. The van der Waals surface area contributed by atoms with Crippen molar-refractivity contribution < 1.29 is 4.92 Å². The minimum Gasteiger partial charge on any atom is -0.265 e. The molecule has 1 heterocycles. The molecule has 0 N–H and O–H groups in total. The van der Waals surface area contributed by atoms with Gasteiger partial charge in [-0.05, 0) is 41.3 Å². The highest BCUT2D eigenvalue weighted by Gasteiger charge is 2.15. The van der Waals surface area contributed by atoms with E-state index in [0.29, 0.717) is 10.9 Å². The van der Waals surface area contributed by atoms with Crippen LogP contribution in [0.2, 0.25) is 0 Å². The van der Waals surface area contributed by atoms with E-state index in [2.05, 4.69) is 4.98 Å². The summed E-state index contributed by atoms with van der Waals surface area (Å²) in [6, 6.07) is 14.7. The van der Waals surface area contributed by atoms with Crippen LogP contribution in [-0.2, 0) is 0 Å². The highest BCUT2D eigenvalue weighted by molar-refractivity contribution is 5.95. The Morgan fingerprint density at radius 2 is 1.71 bits per heavy atom. The number of nitro groups is 1. The molecule has 0 fully saturated rings. The fourth-order valence-electron chi connectivity index (χ4n) is 2.27. The lowest BCUT2D eigenvalue weighted by Gasteiger charge is -2.03. The quantitative estimate of drug-likeness (QED) is 0.529. The van der Waals surface area contributed by atoms with Crippen LogP contribution in [0, 0.1) is 10.1 Å². The van der Waals surface area contributed by atoms with Crippen molar-refractivity contribution in [3.05, 3.63) is 82.2 Å². The van der Waals surface area contributed by atoms with Crippen LogP contribution in [0.4, 0.5) is 5.69 Å². The first-order valence-corrected chi connectivity index (χ1v) is 6.50. The number of pyridine rings is 1. The Kier molecular flexibility index (Phi) is 3.43. The zero-order valence-corrected chi connectivity index (χ0v) is 11.1. The summed E-state index contributed by atoms with van der Waals surface area (Å²) in [5.41, 5.74) is 1.68. The Morgan fingerprint density at radius 3 is 2.48 bits per heavy atom. The molecule has 2 aromatic carbocycles. The summed E-state index contributed by atoms with van der Waals surface area (Å²) in [6.45, 7) is 0. The van der Waals surface area contributed by atoms with Crippen LogP contribution in [0.1, 0.15) is 11.1 Å². The van der Waals surface area contributed by atoms with Gasteiger partial charge < -0.3 is 0 Å². The number of benzene rings is 2. The third-order valence-electron chi connectivity index (χ3n) is 3.28. The Morgan fingerprint density at radius 1 is 0.952 bits per heavy atom. The van der Waals surface area contributed by atoms with Crippen molar-refractivity contribution >= 4 is 28.6 Å². The smallest absolute Gasteiger partial charge is 0.265 e. The molecule has 0 atom stereocenters. The van der Waals surface area contributed by atoms with Crippen LogP contribution < -0.4 is 0 Å². The van der Waals surface area contributed by atoms with Crippen molar-refractivity contribution in [2.75, 3.05) is 0 Å². The van der Waals surface area contributed by atoms with Gasteiger partial charge in [-0.1, -0.05) is 30.3 Å². The predicted octanol–water partition coefficient (Wildman–Crippen LogP) is 4.31. The number of nitro benzene ring substituents is 1. The molecule has 0 amide bonds. The van der Waals surface area contributed by atoms with Crippen molar-refractivity contribution in [1.29, 1.82) is 0 Å². The van der Waals surface area contributed by atoms with E-state index in [-0.39, 0.29) is 10.6 Å². The summed E-state index contributed by atoms with van der Waals surface area (Å²) in [7, 11) is 0. The second kappa shape index (κ2) is 5.54. The maximum Gasteiger partial charge on any atom is 0.284 e. The molecule has 21 heavy (non-hydrogen) atoms. The van der Waals surface area contributed by atoms with Gasteiger partial charge in [0.05, 0.1) is 15.9 Å². The number of hydrogen-bond acceptors (Lipinski definition) is 3. The van der Waals surface area contributed by atoms with Gasteiger partial charge in [0.1, 0.15) is 0 Å². The zero-order valence-electron chi connectivity index (χ0n) is 11.1. The van der Waals surface area contributed by atoms with Crippen LogP contribution in [0.5, 0.6) is 0 Å². The number of nitrogens with zero attached hydrogens (tertiary/aromatic N) is 2. The summed E-state index contributed by atoms with van der Waals surface area (Å²) in [6.07, 6.45) is 6.99. The van der Waals surface area contributed by atoms with E-state index in [1.54, 1.807) is 30.6 Å². The Labute approximate surface area is 121 Å². The number of aromatic nitrogens is 1. The van der Waals surface area contributed by atoms with Crippen molar-refractivity contribution in [2.45, 2.75) is 0 Å². The lowest BCUT2D eigenvalue weighted by molar-refractivity contribution is -0.383. The molecule has 102 valence electrons. The summed E-state index contributed by atoms with van der Waals surface area (Å²) in [5, 5.41) is 12.9. The highest BCUT2D eigenvalue weighted by Crippen LogP contribution is 2.30. The molecule has 0 bridgehead atoms. The van der Waals surface area contributed by atoms with Gasteiger partial charge in [0.25, 0.3) is 5.69 Å². The third kappa shape index (κ3) is 2.65. The number of fused-ring (bicyclic) bond motifs is 1. The maximum atomic E-state index is 11.4. The average molecular weight is 276 g/mol. The van der Waals surface area contributed by atoms with Crippen LogP contribution >= 0.6 is 0 Å². The average Bonchev–Trinajstić information content (AvgIpc) is 2.53. The summed E-state index contributed by atoms with van der Waals surface area (Å²) < 4.78 is 0. The summed E-state index contributed by atoms with van der Waals surface area (Å²) >= 11 is 0. The topological polar surface area (TPSA) is 56.0 Å². The lowest BCUT2D eigenvalue weighted by Crippen LogP contribution is -1.93. The molecule has 3 rings (SSSR count). The van der Waals surface area contributed by atoms with Crippen LogP contribution in [0.3, 0.4) is 0 Å². The normalized spacial score (nSPS) is 11.0. The van der Waals surface area contributed by atoms with Gasteiger partial charge >= 0.3 is 0 Å². The molecule has 0 unspecified atom stereocenters. The molecule has 0 saturated carbocycles. The van der Waals surface area contributed by atoms with Crippen LogP contribution in [0.15, 0.2) is 60.9 Å². The van der Waals surface area contributed by atoms with Crippen molar-refractivity contribution in [1.82, 2.24) is 4.98 Å². The Hall–Kier alpha value is -3.01. The van der Waals surface area contributed by atoms with Gasteiger partial charge in [-0.25, -0.2) is 0 Å². The van der Waals surface area contributed by atoms with E-state index in [4.69, 9.17) is 0 Å². The van der Waals surface area contributed by atoms with E-state index < -0.39 is 0 Å². The minimum absolute atomic E-state index is 0.137. The van der Waals surface area contributed by atoms with Crippen molar-refractivity contribution in [3.63, 3.8) is 0 Å².